The fourth-order valence-corrected chi connectivity index (χ4v) is 4.48. The second-order valence-electron chi connectivity index (χ2n) is 8.04. The quantitative estimate of drug-likeness (QED) is 0.532. The lowest BCUT2D eigenvalue weighted by Gasteiger charge is -2.15. The third-order valence-corrected chi connectivity index (χ3v) is 6.12. The predicted molar refractivity (Wildman–Crippen MR) is 119 cm³/mol. The molecule has 7 heteroatoms. The Hall–Kier alpha value is -2.99. The lowest BCUT2D eigenvalue weighted by atomic mass is 10.0. The molecular formula is C24H23ClN4O2. The summed E-state index contributed by atoms with van der Waals surface area (Å²) in [5.41, 5.74) is 5.72. The minimum atomic E-state index is -0.298. The fraction of sp³-hybridized carbons (Fsp3) is 0.333. The van der Waals surface area contributed by atoms with Crippen molar-refractivity contribution in [2.75, 3.05) is 7.11 Å². The van der Waals surface area contributed by atoms with Gasteiger partial charge in [-0.05, 0) is 56.5 Å². The van der Waals surface area contributed by atoms with Gasteiger partial charge in [0.05, 0.1) is 29.9 Å². The summed E-state index contributed by atoms with van der Waals surface area (Å²) < 4.78 is 7.13. The van der Waals surface area contributed by atoms with Gasteiger partial charge in [0.25, 0.3) is 0 Å². The highest BCUT2D eigenvalue weighted by Crippen LogP contribution is 2.45. The number of aromatic nitrogens is 3. The van der Waals surface area contributed by atoms with Gasteiger partial charge < -0.3 is 4.74 Å². The number of hydrogen-bond donors (Lipinski definition) is 0. The molecule has 1 aliphatic heterocycles. The first-order chi connectivity index (χ1) is 15.1. The number of pyridine rings is 1. The van der Waals surface area contributed by atoms with Gasteiger partial charge in [-0.2, -0.15) is 0 Å². The van der Waals surface area contributed by atoms with E-state index in [-0.39, 0.29) is 18.4 Å². The van der Waals surface area contributed by atoms with Gasteiger partial charge in [0.15, 0.2) is 0 Å². The Morgan fingerprint density at radius 1 is 1.26 bits per heavy atom. The number of benzene rings is 1. The van der Waals surface area contributed by atoms with Crippen LogP contribution in [-0.4, -0.2) is 33.3 Å². The average Bonchev–Trinajstić information content (AvgIpc) is 3.57. The molecule has 1 atom stereocenters. The maximum absolute atomic E-state index is 11.9. The van der Waals surface area contributed by atoms with Crippen molar-refractivity contribution >= 4 is 23.3 Å². The summed E-state index contributed by atoms with van der Waals surface area (Å²) in [5, 5.41) is 0.641. The van der Waals surface area contributed by atoms with Crippen molar-refractivity contribution < 1.29 is 9.53 Å². The van der Waals surface area contributed by atoms with Crippen molar-refractivity contribution in [2.24, 2.45) is 4.99 Å². The van der Waals surface area contributed by atoms with Crippen LogP contribution in [0, 0.1) is 6.92 Å². The fourth-order valence-electron chi connectivity index (χ4n) is 4.31. The molecule has 0 amide bonds. The Morgan fingerprint density at radius 2 is 2.10 bits per heavy atom. The number of nitrogens with zero attached hydrogens (tertiary/aromatic N) is 4. The summed E-state index contributed by atoms with van der Waals surface area (Å²) in [4.78, 5) is 26.6. The first-order valence-electron chi connectivity index (χ1n) is 10.5. The van der Waals surface area contributed by atoms with Crippen LogP contribution in [0.2, 0.25) is 5.02 Å². The van der Waals surface area contributed by atoms with Crippen LogP contribution in [0.15, 0.2) is 47.6 Å². The van der Waals surface area contributed by atoms with Gasteiger partial charge in [0.1, 0.15) is 11.9 Å². The van der Waals surface area contributed by atoms with E-state index >= 15 is 0 Å². The summed E-state index contributed by atoms with van der Waals surface area (Å²) in [7, 11) is 1.41. The molecule has 31 heavy (non-hydrogen) atoms. The molecule has 1 saturated carbocycles. The number of ether oxygens (including phenoxy) is 1. The molecule has 6 nitrogen and oxygen atoms in total. The van der Waals surface area contributed by atoms with Crippen LogP contribution < -0.4 is 0 Å². The summed E-state index contributed by atoms with van der Waals surface area (Å²) in [6.45, 7) is 2.06. The van der Waals surface area contributed by atoms with Crippen molar-refractivity contribution in [3.8, 4) is 5.69 Å². The SMILES string of the molecule is COC(=O)CC[C@@H]1N=C(c2ccccn2)c2cc(Cl)ccc2-n2c1nc(C)c2C1CC1. The van der Waals surface area contributed by atoms with Crippen molar-refractivity contribution in [1.29, 1.82) is 0 Å². The molecule has 0 N–H and O–H groups in total. The standard InChI is InChI=1S/C24H23ClN4O2/c1-14-23(15-6-7-15)29-20-10-8-16(25)13-17(20)22(18-5-3-4-12-26-18)28-19(24(29)27-14)9-11-21(30)31-2/h3-5,8,10,12-13,15,19H,6-7,9,11H2,1-2H3/t19-/m0/s1. The smallest absolute Gasteiger partial charge is 0.305 e. The first-order valence-corrected chi connectivity index (χ1v) is 10.9. The minimum absolute atomic E-state index is 0.253. The second kappa shape index (κ2) is 7.93. The van der Waals surface area contributed by atoms with Crippen LogP contribution in [0.5, 0.6) is 0 Å². The molecule has 3 heterocycles. The van der Waals surface area contributed by atoms with Crippen LogP contribution in [0.25, 0.3) is 5.69 Å². The summed E-state index contributed by atoms with van der Waals surface area (Å²) >= 11 is 6.43. The molecule has 158 valence electrons. The summed E-state index contributed by atoms with van der Waals surface area (Å²) in [6.07, 6.45) is 4.85. The normalized spacial score (nSPS) is 17.4. The number of hydrogen-bond acceptors (Lipinski definition) is 5. The first kappa shape index (κ1) is 19.9. The van der Waals surface area contributed by atoms with Gasteiger partial charge in [-0.15, -0.1) is 0 Å². The molecule has 1 aliphatic carbocycles. The van der Waals surface area contributed by atoms with E-state index in [0.717, 1.165) is 47.0 Å². The highest BCUT2D eigenvalue weighted by molar-refractivity contribution is 6.31. The van der Waals surface area contributed by atoms with Gasteiger partial charge in [0.2, 0.25) is 0 Å². The van der Waals surface area contributed by atoms with E-state index in [1.54, 1.807) is 6.20 Å². The number of imidazole rings is 1. The van der Waals surface area contributed by atoms with Crippen molar-refractivity contribution in [1.82, 2.24) is 14.5 Å². The largest absolute Gasteiger partial charge is 0.469 e. The van der Waals surface area contributed by atoms with E-state index in [4.69, 9.17) is 26.3 Å². The highest BCUT2D eigenvalue weighted by atomic mass is 35.5. The van der Waals surface area contributed by atoms with Crippen LogP contribution in [0.4, 0.5) is 0 Å². The molecule has 0 radical (unpaired) electrons. The number of halogens is 1. The Balaban J connectivity index is 1.75. The summed E-state index contributed by atoms with van der Waals surface area (Å²) in [6, 6.07) is 11.4. The number of carbonyl (C=O) groups excluding carboxylic acids is 1. The van der Waals surface area contributed by atoms with Crippen molar-refractivity contribution in [2.45, 2.75) is 44.6 Å². The zero-order valence-corrected chi connectivity index (χ0v) is 18.3. The number of carbonyl (C=O) groups is 1. The van der Waals surface area contributed by atoms with Gasteiger partial charge in [-0.1, -0.05) is 17.7 Å². The lowest BCUT2D eigenvalue weighted by Crippen LogP contribution is -2.10. The molecule has 1 fully saturated rings. The molecule has 1 aromatic carbocycles. The second-order valence-corrected chi connectivity index (χ2v) is 8.47. The number of aryl methyl sites for hydroxylation is 1. The Labute approximate surface area is 186 Å². The van der Waals surface area contributed by atoms with E-state index in [0.29, 0.717) is 17.4 Å². The monoisotopic (exact) mass is 434 g/mol. The Kier molecular flexibility index (Phi) is 5.10. The average molecular weight is 435 g/mol. The number of methoxy groups -OCH3 is 1. The molecule has 0 saturated heterocycles. The maximum atomic E-state index is 11.9. The minimum Gasteiger partial charge on any atom is -0.469 e. The van der Waals surface area contributed by atoms with Crippen molar-refractivity contribution in [3.05, 3.63) is 76.1 Å². The van der Waals surface area contributed by atoms with E-state index < -0.39 is 0 Å². The number of esters is 1. The topological polar surface area (TPSA) is 69.4 Å². The van der Waals surface area contributed by atoms with Crippen LogP contribution in [0.1, 0.15) is 66.1 Å². The zero-order valence-electron chi connectivity index (χ0n) is 17.5. The molecular weight excluding hydrogens is 412 g/mol. The summed E-state index contributed by atoms with van der Waals surface area (Å²) in [5.74, 6) is 1.11. The lowest BCUT2D eigenvalue weighted by molar-refractivity contribution is -0.140. The Bertz CT molecular complexity index is 1180. The molecule has 3 aromatic rings. The molecule has 2 aliphatic rings. The molecule has 2 aromatic heterocycles. The molecule has 0 unspecified atom stereocenters. The van der Waals surface area contributed by atoms with Crippen molar-refractivity contribution in [3.63, 3.8) is 0 Å². The predicted octanol–water partition coefficient (Wildman–Crippen LogP) is 4.95. The zero-order chi connectivity index (χ0) is 21.5. The van der Waals surface area contributed by atoms with Crippen LogP contribution in [0.3, 0.4) is 0 Å². The third-order valence-electron chi connectivity index (χ3n) is 5.88. The van der Waals surface area contributed by atoms with E-state index in [2.05, 4.69) is 16.5 Å². The third kappa shape index (κ3) is 3.65. The van der Waals surface area contributed by atoms with Crippen LogP contribution in [-0.2, 0) is 9.53 Å². The van der Waals surface area contributed by atoms with E-state index in [9.17, 15) is 4.79 Å². The van der Waals surface area contributed by atoms with Crippen LogP contribution >= 0.6 is 11.6 Å². The van der Waals surface area contributed by atoms with Gasteiger partial charge in [0, 0.05) is 34.8 Å². The molecule has 0 spiro atoms. The van der Waals surface area contributed by atoms with Gasteiger partial charge in [-0.3, -0.25) is 19.3 Å². The number of fused-ring (bicyclic) bond motifs is 3. The molecule has 0 bridgehead atoms. The van der Waals surface area contributed by atoms with E-state index in [1.807, 2.05) is 36.4 Å². The highest BCUT2D eigenvalue weighted by Gasteiger charge is 2.36. The maximum Gasteiger partial charge on any atom is 0.305 e. The molecule has 5 rings (SSSR count). The number of rotatable bonds is 5. The Morgan fingerprint density at radius 3 is 2.81 bits per heavy atom. The number of aliphatic imine (C=N–C) groups is 1. The van der Waals surface area contributed by atoms with E-state index in [1.165, 1.54) is 12.8 Å². The van der Waals surface area contributed by atoms with Gasteiger partial charge in [-0.25, -0.2) is 4.98 Å². The van der Waals surface area contributed by atoms with Gasteiger partial charge >= 0.3 is 5.97 Å².